The van der Waals surface area contributed by atoms with Gasteiger partial charge in [-0.15, -0.1) is 0 Å². The van der Waals surface area contributed by atoms with E-state index in [0.717, 1.165) is 0 Å². The zero-order valence-electron chi connectivity index (χ0n) is 9.49. The summed E-state index contributed by atoms with van der Waals surface area (Å²) in [5.74, 6) is 0. The first kappa shape index (κ1) is 12.9. The summed E-state index contributed by atoms with van der Waals surface area (Å²) in [5, 5.41) is 12.0. The molecule has 0 aliphatic heterocycles. The van der Waals surface area contributed by atoms with Crippen LogP contribution >= 0.6 is 0 Å². The number of hydrogen-bond acceptors (Lipinski definition) is 3. The van der Waals surface area contributed by atoms with Crippen LogP contribution in [0.15, 0.2) is 60.7 Å². The zero-order chi connectivity index (χ0) is 12.3. The Kier molecular flexibility index (Phi) is 6.09. The summed E-state index contributed by atoms with van der Waals surface area (Å²) in [4.78, 5) is 0. The molecule has 0 unspecified atom stereocenters. The quantitative estimate of drug-likeness (QED) is 0.750. The van der Waals surface area contributed by atoms with Gasteiger partial charge in [0.1, 0.15) is 0 Å². The van der Waals surface area contributed by atoms with E-state index in [1.165, 1.54) is 11.1 Å². The average molecular weight is 226 g/mol. The minimum absolute atomic E-state index is 0.676. The van der Waals surface area contributed by atoms with E-state index in [4.69, 9.17) is 15.5 Å². The molecule has 0 atom stereocenters. The van der Waals surface area contributed by atoms with Crippen LogP contribution in [-0.2, 0) is 18.0 Å². The van der Waals surface area contributed by atoms with E-state index in [1.807, 2.05) is 36.4 Å². The molecule has 17 heavy (non-hydrogen) atoms. The molecule has 0 aliphatic carbocycles. The zero-order valence-corrected chi connectivity index (χ0v) is 9.49. The van der Waals surface area contributed by atoms with E-state index in [-0.39, 0.29) is 0 Å². The van der Waals surface area contributed by atoms with E-state index in [2.05, 4.69) is 24.3 Å². The molecule has 0 bridgehead atoms. The lowest BCUT2D eigenvalue weighted by Gasteiger charge is -2.03. The van der Waals surface area contributed by atoms with Crippen LogP contribution in [0.3, 0.4) is 0 Å². The fourth-order valence-corrected chi connectivity index (χ4v) is 1.44. The summed E-state index contributed by atoms with van der Waals surface area (Å²) in [7, 11) is 0. The molecule has 0 heterocycles. The minimum atomic E-state index is 0.676. The van der Waals surface area contributed by atoms with Crippen molar-refractivity contribution in [1.29, 1.82) is 10.8 Å². The smallest absolute Gasteiger partial charge is 0.0721 e. The average Bonchev–Trinajstić information content (AvgIpc) is 2.43. The normalized spacial score (nSPS) is 9.06. The van der Waals surface area contributed by atoms with E-state index >= 15 is 0 Å². The van der Waals surface area contributed by atoms with Crippen molar-refractivity contribution < 1.29 is 4.74 Å². The first-order valence-electron chi connectivity index (χ1n) is 5.31. The summed E-state index contributed by atoms with van der Waals surface area (Å²) >= 11 is 0. The monoisotopic (exact) mass is 226 g/mol. The molecule has 86 valence electrons. The van der Waals surface area contributed by atoms with Crippen molar-refractivity contribution in [2.45, 2.75) is 13.2 Å². The maximum atomic E-state index is 6.00. The maximum Gasteiger partial charge on any atom is 0.0721 e. The van der Waals surface area contributed by atoms with Gasteiger partial charge in [0, 0.05) is 10.8 Å². The van der Waals surface area contributed by atoms with Crippen LogP contribution in [0.25, 0.3) is 0 Å². The van der Waals surface area contributed by atoms with Crippen LogP contribution in [0.2, 0.25) is 0 Å². The summed E-state index contributed by atoms with van der Waals surface area (Å²) in [6.07, 6.45) is 0. The molecule has 3 nitrogen and oxygen atoms in total. The first-order chi connectivity index (χ1) is 8.45. The molecule has 2 aromatic rings. The van der Waals surface area contributed by atoms with Gasteiger partial charge in [0.05, 0.1) is 13.2 Å². The highest BCUT2D eigenvalue weighted by molar-refractivity contribution is 5.15. The van der Waals surface area contributed by atoms with Gasteiger partial charge in [-0.1, -0.05) is 60.7 Å². The highest BCUT2D eigenvalue weighted by atomic mass is 16.5. The third kappa shape index (κ3) is 4.92. The van der Waals surface area contributed by atoms with Gasteiger partial charge in [0.25, 0.3) is 0 Å². The highest BCUT2D eigenvalue weighted by Crippen LogP contribution is 2.05. The van der Waals surface area contributed by atoms with Gasteiger partial charge in [0.2, 0.25) is 0 Å². The number of hydrogen-bond donors (Lipinski definition) is 0. The number of benzene rings is 2. The molecule has 0 radical (unpaired) electrons. The van der Waals surface area contributed by atoms with Gasteiger partial charge < -0.3 is 4.74 Å². The number of rotatable bonds is 4. The lowest BCUT2D eigenvalue weighted by molar-refractivity contribution is 0.107. The van der Waals surface area contributed by atoms with E-state index in [0.29, 0.717) is 13.2 Å². The van der Waals surface area contributed by atoms with Crippen LogP contribution in [0.5, 0.6) is 0 Å². The molecule has 2 aromatic carbocycles. The van der Waals surface area contributed by atoms with Crippen molar-refractivity contribution in [3.63, 3.8) is 0 Å². The third-order valence-electron chi connectivity index (χ3n) is 2.22. The Bertz CT molecular complexity index is 386. The predicted octanol–water partition coefficient (Wildman–Crippen LogP) is 3.43. The second-order valence-electron chi connectivity index (χ2n) is 3.46. The number of nitrogens with zero attached hydrogens (tertiary/aromatic N) is 2. The van der Waals surface area contributed by atoms with Gasteiger partial charge in [0.15, 0.2) is 0 Å². The standard InChI is InChI=1S/C14H14O.N2/c1-3-7-13(8-4-1)11-15-12-14-9-5-2-6-10-14;1-2/h1-10H,11-12H2;. The van der Waals surface area contributed by atoms with E-state index in [1.54, 1.807) is 0 Å². The fraction of sp³-hybridized carbons (Fsp3) is 0.143. The molecule has 0 amide bonds. The fourth-order valence-electron chi connectivity index (χ4n) is 1.44. The summed E-state index contributed by atoms with van der Waals surface area (Å²) < 4.78 is 5.61. The van der Waals surface area contributed by atoms with Crippen molar-refractivity contribution in [2.24, 2.45) is 0 Å². The molecule has 0 saturated heterocycles. The first-order valence-corrected chi connectivity index (χ1v) is 5.31. The molecule has 0 saturated carbocycles. The lowest BCUT2D eigenvalue weighted by atomic mass is 10.2. The molecule has 0 aliphatic rings. The minimum Gasteiger partial charge on any atom is -0.372 e. The Morgan fingerprint density at radius 2 is 1.00 bits per heavy atom. The van der Waals surface area contributed by atoms with Crippen molar-refractivity contribution >= 4 is 0 Å². The van der Waals surface area contributed by atoms with Crippen molar-refractivity contribution in [1.82, 2.24) is 0 Å². The van der Waals surface area contributed by atoms with Crippen LogP contribution in [0, 0.1) is 10.8 Å². The summed E-state index contributed by atoms with van der Waals surface area (Å²) in [5.41, 5.74) is 2.43. The molecule has 3 heteroatoms. The summed E-state index contributed by atoms with van der Waals surface area (Å²) in [6, 6.07) is 20.4. The Hall–Kier alpha value is -2.18. The molecule has 0 spiro atoms. The van der Waals surface area contributed by atoms with Crippen LogP contribution in [0.4, 0.5) is 0 Å². The highest BCUT2D eigenvalue weighted by Gasteiger charge is 1.93. The molecule has 0 aromatic heterocycles. The largest absolute Gasteiger partial charge is 0.372 e. The van der Waals surface area contributed by atoms with Gasteiger partial charge in [-0.05, 0) is 11.1 Å². The summed E-state index contributed by atoms with van der Waals surface area (Å²) in [6.45, 7) is 1.35. The molecule has 2 rings (SSSR count). The Balaban J connectivity index is 0.000000686. The Morgan fingerprint density at radius 1 is 0.647 bits per heavy atom. The lowest BCUT2D eigenvalue weighted by Crippen LogP contribution is -1.93. The van der Waals surface area contributed by atoms with Crippen LogP contribution < -0.4 is 0 Å². The SMILES string of the molecule is N#N.c1ccc(COCc2ccccc2)cc1. The van der Waals surface area contributed by atoms with Gasteiger partial charge in [-0.2, -0.15) is 0 Å². The second-order valence-corrected chi connectivity index (χ2v) is 3.46. The third-order valence-corrected chi connectivity index (χ3v) is 2.22. The number of ether oxygens (including phenoxy) is 1. The van der Waals surface area contributed by atoms with Crippen LogP contribution in [0.1, 0.15) is 11.1 Å². The molecule has 0 fully saturated rings. The van der Waals surface area contributed by atoms with Crippen LogP contribution in [-0.4, -0.2) is 0 Å². The molecular formula is C14H14N2O. The van der Waals surface area contributed by atoms with Crippen molar-refractivity contribution in [3.8, 4) is 0 Å². The van der Waals surface area contributed by atoms with Crippen molar-refractivity contribution in [3.05, 3.63) is 71.8 Å². The van der Waals surface area contributed by atoms with Gasteiger partial charge >= 0.3 is 0 Å². The Labute approximate surface area is 101 Å². The second kappa shape index (κ2) is 8.03. The molecule has 0 N–H and O–H groups in total. The van der Waals surface area contributed by atoms with E-state index in [9.17, 15) is 0 Å². The predicted molar refractivity (Wildman–Crippen MR) is 64.8 cm³/mol. The van der Waals surface area contributed by atoms with Gasteiger partial charge in [-0.3, -0.25) is 0 Å². The maximum absolute atomic E-state index is 6.00. The topological polar surface area (TPSA) is 56.8 Å². The molecular weight excluding hydrogens is 212 g/mol. The van der Waals surface area contributed by atoms with Gasteiger partial charge in [-0.25, -0.2) is 0 Å². The Morgan fingerprint density at radius 3 is 1.35 bits per heavy atom. The van der Waals surface area contributed by atoms with E-state index < -0.39 is 0 Å². The van der Waals surface area contributed by atoms with Crippen molar-refractivity contribution in [2.75, 3.05) is 0 Å².